The van der Waals surface area contributed by atoms with E-state index in [4.69, 9.17) is 0 Å². The van der Waals surface area contributed by atoms with Gasteiger partial charge < -0.3 is 13.7 Å². The number of aromatic nitrogens is 3. The first-order chi connectivity index (χ1) is 35.2. The number of hydrogen-bond donors (Lipinski definition) is 0. The smallest absolute Gasteiger partial charge is 0.214 e. The molecule has 0 aliphatic heterocycles. The Morgan fingerprint density at radius 1 is 0.254 bits per heavy atom. The highest BCUT2D eigenvalue weighted by Crippen LogP contribution is 2.49. The van der Waals surface area contributed by atoms with Crippen molar-refractivity contribution in [3.05, 3.63) is 266 Å². The van der Waals surface area contributed by atoms with E-state index in [1.54, 1.807) is 0 Å². The second-order valence-electron chi connectivity index (χ2n) is 18.3. The van der Waals surface area contributed by atoms with Gasteiger partial charge in [0.2, 0.25) is 5.69 Å². The van der Waals surface area contributed by atoms with Gasteiger partial charge in [-0.1, -0.05) is 182 Å². The van der Waals surface area contributed by atoms with E-state index in [-0.39, 0.29) is 0 Å². The largest absolute Gasteiger partial charge is 0.317 e. The first kappa shape index (κ1) is 40.4. The van der Waals surface area contributed by atoms with Crippen LogP contribution in [0.15, 0.2) is 255 Å². The molecule has 0 atom stereocenters. The summed E-state index contributed by atoms with van der Waals surface area (Å²) in [6.07, 6.45) is 0. The lowest BCUT2D eigenvalue weighted by atomic mass is 10.0. The minimum Gasteiger partial charge on any atom is -0.317 e. The van der Waals surface area contributed by atoms with Gasteiger partial charge in [-0.2, -0.15) is 0 Å². The van der Waals surface area contributed by atoms with Crippen molar-refractivity contribution in [2.45, 2.75) is 0 Å². The predicted octanol–water partition coefficient (Wildman–Crippen LogP) is 18.2. The molecule has 71 heavy (non-hydrogen) atoms. The minimum atomic E-state index is 0.558. The van der Waals surface area contributed by atoms with Crippen LogP contribution in [0.3, 0.4) is 0 Å². The van der Waals surface area contributed by atoms with Crippen LogP contribution >= 0.6 is 0 Å². The molecule has 0 N–H and O–H groups in total. The Morgan fingerprint density at radius 3 is 0.986 bits per heavy atom. The van der Waals surface area contributed by atoms with Crippen molar-refractivity contribution in [2.24, 2.45) is 0 Å². The van der Waals surface area contributed by atoms with Gasteiger partial charge in [0.25, 0.3) is 0 Å². The van der Waals surface area contributed by atoms with E-state index >= 15 is 0 Å². The van der Waals surface area contributed by atoms with Crippen molar-refractivity contribution in [1.82, 2.24) is 13.7 Å². The molecule has 0 spiro atoms. The highest BCUT2D eigenvalue weighted by atomic mass is 15.1. The molecule has 3 aromatic heterocycles. The summed E-state index contributed by atoms with van der Waals surface area (Å²) in [5, 5.41) is 6.70. The summed E-state index contributed by atoms with van der Waals surface area (Å²) in [6.45, 7) is 9.27. The average Bonchev–Trinajstić information content (AvgIpc) is 4.08. The molecule has 11 aromatic carbocycles. The van der Waals surface area contributed by atoms with Crippen LogP contribution in [0.25, 0.3) is 132 Å². The number of nitrogens with zero attached hydrogens (tertiary/aromatic N) is 4. The molecule has 0 aliphatic rings. The minimum absolute atomic E-state index is 0.558. The number of rotatable bonds is 7. The number of fused-ring (bicyclic) bond motifs is 9. The molecule has 0 fully saturated rings. The van der Waals surface area contributed by atoms with Crippen molar-refractivity contribution in [2.75, 3.05) is 0 Å². The lowest BCUT2D eigenvalue weighted by molar-refractivity contribution is 1.11. The Balaban J connectivity index is 1.18. The zero-order valence-electron chi connectivity index (χ0n) is 38.5. The van der Waals surface area contributed by atoms with E-state index in [1.807, 2.05) is 0 Å². The van der Waals surface area contributed by atoms with Crippen LogP contribution in [0, 0.1) is 6.57 Å². The van der Waals surface area contributed by atoms with Crippen molar-refractivity contribution in [1.29, 1.82) is 0 Å². The van der Waals surface area contributed by atoms with Gasteiger partial charge in [-0.25, -0.2) is 4.85 Å². The van der Waals surface area contributed by atoms with Crippen LogP contribution in [0.5, 0.6) is 0 Å². The van der Waals surface area contributed by atoms with Gasteiger partial charge in [0.15, 0.2) is 0 Å². The zero-order valence-corrected chi connectivity index (χ0v) is 38.5. The Labute approximate surface area is 410 Å². The Bertz CT molecular complexity index is 4230. The Kier molecular flexibility index (Phi) is 9.23. The molecule has 0 aliphatic carbocycles. The molecule has 0 saturated heterocycles. The first-order valence-electron chi connectivity index (χ1n) is 24.1. The van der Waals surface area contributed by atoms with Crippen molar-refractivity contribution in [3.8, 4) is 61.6 Å². The fraction of sp³-hybridized carbons (Fsp3) is 0. The monoisotopic (exact) mass is 902 g/mol. The molecule has 330 valence electrons. The first-order valence-corrected chi connectivity index (χ1v) is 24.1. The second kappa shape index (κ2) is 16.2. The summed E-state index contributed by atoms with van der Waals surface area (Å²) >= 11 is 0. The van der Waals surface area contributed by atoms with Crippen LogP contribution in [0.4, 0.5) is 5.69 Å². The standard InChI is InChI=1S/C67H42N4/c1-68-58-43-64-65(53-29-17-18-30-59(53)69(64)52-27-15-6-16-28-52)67(71-62-37-33-50(46-23-11-4-12-24-46)41-56(62)57-42-51(34-38-63(57)71)47-25-13-5-14-26-47)66(58)70-60-35-31-48(44-19-7-2-8-20-44)39-54(60)55-40-49(32-36-61(55)70)45-21-9-3-10-22-45/h2-43H. The fourth-order valence-corrected chi connectivity index (χ4v) is 11.2. The lowest BCUT2D eigenvalue weighted by Crippen LogP contribution is -2.05. The summed E-state index contributed by atoms with van der Waals surface area (Å²) in [5.74, 6) is 0. The van der Waals surface area contributed by atoms with Gasteiger partial charge in [-0.3, -0.25) is 0 Å². The van der Waals surface area contributed by atoms with Crippen LogP contribution in [0.1, 0.15) is 0 Å². The molecule has 0 radical (unpaired) electrons. The summed E-state index contributed by atoms with van der Waals surface area (Å²) < 4.78 is 7.20. The molecule has 14 rings (SSSR count). The summed E-state index contributed by atoms with van der Waals surface area (Å²) in [6, 6.07) is 91.5. The second-order valence-corrected chi connectivity index (χ2v) is 18.3. The molecule has 0 saturated carbocycles. The lowest BCUT2D eigenvalue weighted by Gasteiger charge is -2.21. The molecular weight excluding hydrogens is 861 g/mol. The van der Waals surface area contributed by atoms with Gasteiger partial charge >= 0.3 is 0 Å². The summed E-state index contributed by atoms with van der Waals surface area (Å²) in [4.78, 5) is 4.57. The van der Waals surface area contributed by atoms with Crippen LogP contribution in [0.2, 0.25) is 0 Å². The number of hydrogen-bond acceptors (Lipinski definition) is 0. The molecule has 0 unspecified atom stereocenters. The molecule has 4 nitrogen and oxygen atoms in total. The van der Waals surface area contributed by atoms with Gasteiger partial charge in [-0.15, -0.1) is 0 Å². The maximum Gasteiger partial charge on any atom is 0.214 e. The van der Waals surface area contributed by atoms with Gasteiger partial charge in [0.1, 0.15) is 0 Å². The van der Waals surface area contributed by atoms with Crippen molar-refractivity contribution in [3.63, 3.8) is 0 Å². The third kappa shape index (κ3) is 6.38. The predicted molar refractivity (Wildman–Crippen MR) is 297 cm³/mol. The van der Waals surface area contributed by atoms with E-state index in [2.05, 4.69) is 273 Å². The molecular formula is C67H42N4. The molecule has 3 heterocycles. The Hall–Kier alpha value is -9.69. The third-order valence-corrected chi connectivity index (χ3v) is 14.4. The van der Waals surface area contributed by atoms with E-state index in [1.165, 1.54) is 0 Å². The van der Waals surface area contributed by atoms with Crippen LogP contribution < -0.4 is 0 Å². The van der Waals surface area contributed by atoms with Gasteiger partial charge in [-0.05, 0) is 117 Å². The van der Waals surface area contributed by atoms with Crippen LogP contribution in [-0.2, 0) is 0 Å². The van der Waals surface area contributed by atoms with Crippen molar-refractivity contribution >= 4 is 71.1 Å². The molecule has 4 heteroatoms. The molecule has 0 bridgehead atoms. The topological polar surface area (TPSA) is 19.1 Å². The zero-order chi connectivity index (χ0) is 47.0. The SMILES string of the molecule is [C-]#[N+]c1cc2c(c(-n3c4ccc(-c5ccccc5)cc4c4cc(-c5ccccc5)ccc43)c1-n1c3ccc(-c4ccccc4)cc3c3cc(-c4ccccc4)ccc31)c1ccccc1n2-c1ccccc1. The molecule has 0 amide bonds. The van der Waals surface area contributed by atoms with Gasteiger partial charge in [0.05, 0.1) is 45.5 Å². The summed E-state index contributed by atoms with van der Waals surface area (Å²) in [7, 11) is 0. The van der Waals surface area contributed by atoms with E-state index in [9.17, 15) is 6.57 Å². The van der Waals surface area contributed by atoms with E-state index in [0.29, 0.717) is 5.69 Å². The van der Waals surface area contributed by atoms with E-state index < -0.39 is 0 Å². The van der Waals surface area contributed by atoms with Crippen molar-refractivity contribution < 1.29 is 0 Å². The summed E-state index contributed by atoms with van der Waals surface area (Å²) in [5.41, 5.74) is 18.8. The highest BCUT2D eigenvalue weighted by Gasteiger charge is 2.28. The Morgan fingerprint density at radius 2 is 0.592 bits per heavy atom. The maximum atomic E-state index is 9.27. The normalized spacial score (nSPS) is 11.6. The maximum absolute atomic E-state index is 9.27. The fourth-order valence-electron chi connectivity index (χ4n) is 11.2. The quantitative estimate of drug-likeness (QED) is 0.142. The molecule has 14 aromatic rings. The van der Waals surface area contributed by atoms with Crippen LogP contribution in [-0.4, -0.2) is 13.7 Å². The van der Waals surface area contributed by atoms with E-state index in [0.717, 1.165) is 127 Å². The third-order valence-electron chi connectivity index (χ3n) is 14.4. The average molecular weight is 903 g/mol. The number of benzene rings is 11. The van der Waals surface area contributed by atoms with Gasteiger partial charge in [0, 0.05) is 43.5 Å². The highest BCUT2D eigenvalue weighted by molar-refractivity contribution is 6.21. The number of para-hydroxylation sites is 2.